The minimum atomic E-state index is -0.751. The molecule has 0 N–H and O–H groups in total. The van der Waals surface area contributed by atoms with Crippen molar-refractivity contribution in [3.8, 4) is 6.07 Å². The van der Waals surface area contributed by atoms with Gasteiger partial charge in [0.05, 0.1) is 22.8 Å². The molecule has 3 nitrogen and oxygen atoms in total. The molecular weight excluding hydrogens is 221 g/mol. The van der Waals surface area contributed by atoms with E-state index in [0.29, 0.717) is 0 Å². The number of hydrogen-bond donors (Lipinski definition) is 0. The fourth-order valence-electron chi connectivity index (χ4n) is 1.02. The molecule has 1 aromatic carbocycles. The van der Waals surface area contributed by atoms with Gasteiger partial charge in [0.1, 0.15) is 11.9 Å². The van der Waals surface area contributed by atoms with Crippen LogP contribution in [0.25, 0.3) is 0 Å². The summed E-state index contributed by atoms with van der Waals surface area (Å²) in [6, 6.07) is 3.75. The number of esters is 1. The molecule has 0 atom stereocenters. The molecule has 1 aromatic rings. The summed E-state index contributed by atoms with van der Waals surface area (Å²) in [7, 11) is 0. The fraction of sp³-hybridized carbons (Fsp3) is 0.200. The topological polar surface area (TPSA) is 50.1 Å². The Hall–Kier alpha value is -1.60. The average Bonchev–Trinajstić information content (AvgIpc) is 2.21. The molecule has 0 spiro atoms. The minimum Gasteiger partial charge on any atom is -0.462 e. The number of carbonyl (C=O) groups excluding carboxylic acids is 1. The monoisotopic (exact) mass is 227 g/mol. The SMILES string of the molecule is CCOC(=O)c1cc(F)c(Cl)cc1C#N. The summed E-state index contributed by atoms with van der Waals surface area (Å²) in [5.74, 6) is -1.48. The van der Waals surface area contributed by atoms with Gasteiger partial charge in [-0.25, -0.2) is 9.18 Å². The number of nitrogens with zero attached hydrogens (tertiary/aromatic N) is 1. The third-order valence-corrected chi connectivity index (χ3v) is 1.97. The highest BCUT2D eigenvalue weighted by molar-refractivity contribution is 6.31. The summed E-state index contributed by atoms with van der Waals surface area (Å²) in [6.45, 7) is 1.78. The number of rotatable bonds is 2. The van der Waals surface area contributed by atoms with Crippen molar-refractivity contribution < 1.29 is 13.9 Å². The maximum Gasteiger partial charge on any atom is 0.339 e. The second-order valence-electron chi connectivity index (χ2n) is 2.64. The molecule has 0 aliphatic rings. The number of ether oxygens (including phenoxy) is 1. The Morgan fingerprint density at radius 2 is 2.33 bits per heavy atom. The summed E-state index contributed by atoms with van der Waals surface area (Å²) in [6.07, 6.45) is 0. The molecular formula is C10H7ClFNO2. The van der Waals surface area contributed by atoms with Crippen LogP contribution in [0.1, 0.15) is 22.8 Å². The molecule has 0 saturated heterocycles. The van der Waals surface area contributed by atoms with Crippen molar-refractivity contribution in [3.63, 3.8) is 0 Å². The van der Waals surface area contributed by atoms with E-state index < -0.39 is 11.8 Å². The van der Waals surface area contributed by atoms with E-state index in [0.717, 1.165) is 12.1 Å². The molecule has 15 heavy (non-hydrogen) atoms. The van der Waals surface area contributed by atoms with E-state index in [2.05, 4.69) is 4.74 Å². The fourth-order valence-corrected chi connectivity index (χ4v) is 1.18. The summed E-state index contributed by atoms with van der Waals surface area (Å²) >= 11 is 5.47. The van der Waals surface area contributed by atoms with Gasteiger partial charge < -0.3 is 4.74 Å². The summed E-state index contributed by atoms with van der Waals surface area (Å²) in [5, 5.41) is 8.52. The van der Waals surface area contributed by atoms with Crippen molar-refractivity contribution in [1.29, 1.82) is 5.26 Å². The number of nitriles is 1. The Bertz CT molecular complexity index is 440. The molecule has 1 rings (SSSR count). The highest BCUT2D eigenvalue weighted by Crippen LogP contribution is 2.20. The van der Waals surface area contributed by atoms with Gasteiger partial charge in [-0.2, -0.15) is 5.26 Å². The molecule has 0 bridgehead atoms. The van der Waals surface area contributed by atoms with Crippen LogP contribution < -0.4 is 0 Å². The first kappa shape index (κ1) is 11.5. The second kappa shape index (κ2) is 4.76. The number of benzene rings is 1. The van der Waals surface area contributed by atoms with Crippen LogP contribution in [0, 0.1) is 17.1 Å². The van der Waals surface area contributed by atoms with Crippen molar-refractivity contribution in [1.82, 2.24) is 0 Å². The standard InChI is InChI=1S/C10H7ClFNO2/c1-2-15-10(14)7-4-9(12)8(11)3-6(7)5-13/h3-4H,2H2,1H3. The summed E-state index contributed by atoms with van der Waals surface area (Å²) < 4.78 is 17.7. The van der Waals surface area contributed by atoms with E-state index >= 15 is 0 Å². The normalized spacial score (nSPS) is 9.47. The molecule has 78 valence electrons. The van der Waals surface area contributed by atoms with Gasteiger partial charge in [0.2, 0.25) is 0 Å². The smallest absolute Gasteiger partial charge is 0.339 e. The molecule has 0 aromatic heterocycles. The van der Waals surface area contributed by atoms with Gasteiger partial charge in [-0.15, -0.1) is 0 Å². The quantitative estimate of drug-likeness (QED) is 0.730. The first-order valence-electron chi connectivity index (χ1n) is 4.16. The van der Waals surface area contributed by atoms with Crippen LogP contribution in [0.15, 0.2) is 12.1 Å². The molecule has 0 heterocycles. The Balaban J connectivity index is 3.23. The highest BCUT2D eigenvalue weighted by atomic mass is 35.5. The van der Waals surface area contributed by atoms with E-state index in [-0.39, 0.29) is 22.8 Å². The number of halogens is 2. The van der Waals surface area contributed by atoms with Gasteiger partial charge >= 0.3 is 5.97 Å². The van der Waals surface area contributed by atoms with Crippen LogP contribution in [0.3, 0.4) is 0 Å². The third-order valence-electron chi connectivity index (χ3n) is 1.68. The Kier molecular flexibility index (Phi) is 3.64. The van der Waals surface area contributed by atoms with Crippen molar-refractivity contribution in [2.24, 2.45) is 0 Å². The molecule has 0 amide bonds. The van der Waals surface area contributed by atoms with Gasteiger partial charge in [0.25, 0.3) is 0 Å². The molecule has 5 heteroatoms. The number of hydrogen-bond acceptors (Lipinski definition) is 3. The molecule has 0 fully saturated rings. The van der Waals surface area contributed by atoms with Crippen LogP contribution in [-0.4, -0.2) is 12.6 Å². The van der Waals surface area contributed by atoms with Crippen molar-refractivity contribution in [2.75, 3.05) is 6.61 Å². The van der Waals surface area contributed by atoms with Crippen LogP contribution in [0.2, 0.25) is 5.02 Å². The molecule has 0 unspecified atom stereocenters. The maximum absolute atomic E-state index is 13.0. The van der Waals surface area contributed by atoms with E-state index in [1.807, 2.05) is 0 Å². The van der Waals surface area contributed by atoms with E-state index in [1.54, 1.807) is 13.0 Å². The molecule has 0 aliphatic carbocycles. The molecule has 0 saturated carbocycles. The van der Waals surface area contributed by atoms with Gasteiger partial charge in [0.15, 0.2) is 0 Å². The van der Waals surface area contributed by atoms with E-state index in [1.165, 1.54) is 0 Å². The van der Waals surface area contributed by atoms with Gasteiger partial charge in [-0.3, -0.25) is 0 Å². The van der Waals surface area contributed by atoms with Crippen molar-refractivity contribution in [3.05, 3.63) is 34.1 Å². The zero-order chi connectivity index (χ0) is 11.4. The number of carbonyl (C=O) groups is 1. The van der Waals surface area contributed by atoms with Crippen LogP contribution in [0.5, 0.6) is 0 Å². The van der Waals surface area contributed by atoms with E-state index in [9.17, 15) is 9.18 Å². The Labute approximate surface area is 91.0 Å². The third kappa shape index (κ3) is 2.45. The van der Waals surface area contributed by atoms with Crippen molar-refractivity contribution in [2.45, 2.75) is 6.92 Å². The Morgan fingerprint density at radius 3 is 2.87 bits per heavy atom. The average molecular weight is 228 g/mol. The van der Waals surface area contributed by atoms with Gasteiger partial charge in [0, 0.05) is 0 Å². The zero-order valence-electron chi connectivity index (χ0n) is 7.88. The Morgan fingerprint density at radius 1 is 1.67 bits per heavy atom. The summed E-state index contributed by atoms with van der Waals surface area (Å²) in [5.41, 5.74) is -0.110. The lowest BCUT2D eigenvalue weighted by atomic mass is 10.1. The zero-order valence-corrected chi connectivity index (χ0v) is 8.64. The largest absolute Gasteiger partial charge is 0.462 e. The molecule has 0 aliphatic heterocycles. The highest BCUT2D eigenvalue weighted by Gasteiger charge is 2.15. The lowest BCUT2D eigenvalue weighted by Crippen LogP contribution is -2.07. The lowest BCUT2D eigenvalue weighted by Gasteiger charge is -2.04. The van der Waals surface area contributed by atoms with Gasteiger partial charge in [-0.1, -0.05) is 11.6 Å². The predicted molar refractivity (Wildman–Crippen MR) is 52.1 cm³/mol. The predicted octanol–water partition coefficient (Wildman–Crippen LogP) is 2.53. The summed E-state index contributed by atoms with van der Waals surface area (Å²) in [4.78, 5) is 11.3. The minimum absolute atomic E-state index is 0.000139. The molecule has 0 radical (unpaired) electrons. The maximum atomic E-state index is 13.0. The lowest BCUT2D eigenvalue weighted by molar-refractivity contribution is 0.0525. The first-order valence-corrected chi connectivity index (χ1v) is 4.54. The first-order chi connectivity index (χ1) is 7.10. The van der Waals surface area contributed by atoms with Crippen molar-refractivity contribution >= 4 is 17.6 Å². The van der Waals surface area contributed by atoms with Crippen LogP contribution >= 0.6 is 11.6 Å². The van der Waals surface area contributed by atoms with E-state index in [4.69, 9.17) is 16.9 Å². The van der Waals surface area contributed by atoms with Gasteiger partial charge in [-0.05, 0) is 19.1 Å². The van der Waals surface area contributed by atoms with Crippen LogP contribution in [0.4, 0.5) is 4.39 Å². The second-order valence-corrected chi connectivity index (χ2v) is 3.05. The van der Waals surface area contributed by atoms with Crippen LogP contribution in [-0.2, 0) is 4.74 Å².